The van der Waals surface area contributed by atoms with Crippen molar-refractivity contribution in [1.29, 1.82) is 0 Å². The van der Waals surface area contributed by atoms with Crippen molar-refractivity contribution in [3.63, 3.8) is 0 Å². The third-order valence-electron chi connectivity index (χ3n) is 7.49. The molecule has 3 atom stereocenters. The van der Waals surface area contributed by atoms with E-state index in [-0.39, 0.29) is 17.6 Å². The fourth-order valence-corrected chi connectivity index (χ4v) is 6.53. The van der Waals surface area contributed by atoms with Crippen LogP contribution in [0.5, 0.6) is 0 Å². The number of sulfonamides is 1. The van der Waals surface area contributed by atoms with Crippen LogP contribution in [0.25, 0.3) is 11.3 Å². The Morgan fingerprint density at radius 3 is 2.54 bits per heavy atom. The molecule has 1 aliphatic heterocycles. The molecule has 2 unspecified atom stereocenters. The Bertz CT molecular complexity index is 1230. The lowest BCUT2D eigenvalue weighted by Crippen LogP contribution is -2.42. The second-order valence-corrected chi connectivity index (χ2v) is 11.7. The highest BCUT2D eigenvalue weighted by atomic mass is 32.2. The highest BCUT2D eigenvalue weighted by Gasteiger charge is 2.42. The van der Waals surface area contributed by atoms with Crippen molar-refractivity contribution in [3.05, 3.63) is 34.9 Å². The first kappa shape index (κ1) is 24.3. The number of benzene rings is 1. The van der Waals surface area contributed by atoms with Gasteiger partial charge in [0.2, 0.25) is 10.0 Å². The van der Waals surface area contributed by atoms with Crippen molar-refractivity contribution in [3.8, 4) is 11.3 Å². The zero-order valence-corrected chi connectivity index (χ0v) is 20.6. The van der Waals surface area contributed by atoms with Crippen molar-refractivity contribution < 1.29 is 21.6 Å². The standard InChI is InChI=1S/C24H30F3N5O2S/c1-3-32-10-4-5-17(13-32)28-23-21-15-7-6-14(11-15)20(21)22(29-30-23)18-9-8-16(24(25,26)27)12-19(18)31-35(2,33)34/h8-9,12,14-15,17,31H,3-7,10-11,13H2,1-2H3,(H,28,30)/t14?,15?,17-/m1/s1. The third-order valence-corrected chi connectivity index (χ3v) is 8.08. The topological polar surface area (TPSA) is 87.2 Å². The van der Waals surface area contributed by atoms with Gasteiger partial charge in [-0.15, -0.1) is 10.2 Å². The van der Waals surface area contributed by atoms with Gasteiger partial charge in [-0.2, -0.15) is 13.2 Å². The van der Waals surface area contributed by atoms with Crippen molar-refractivity contribution in [2.45, 2.75) is 63.1 Å². The van der Waals surface area contributed by atoms with Gasteiger partial charge in [-0.25, -0.2) is 8.42 Å². The molecule has 11 heteroatoms. The van der Waals surface area contributed by atoms with Crippen LogP contribution in [-0.4, -0.2) is 55.4 Å². The summed E-state index contributed by atoms with van der Waals surface area (Å²) in [6.07, 6.45) is 1.47. The van der Waals surface area contributed by atoms with Gasteiger partial charge >= 0.3 is 6.18 Å². The number of alkyl halides is 3. The zero-order valence-electron chi connectivity index (χ0n) is 19.8. The van der Waals surface area contributed by atoms with Gasteiger partial charge in [0.15, 0.2) is 5.82 Å². The first-order valence-electron chi connectivity index (χ1n) is 12.1. The average molecular weight is 510 g/mol. The van der Waals surface area contributed by atoms with E-state index < -0.39 is 21.8 Å². The van der Waals surface area contributed by atoms with Gasteiger partial charge < -0.3 is 10.2 Å². The fourth-order valence-electron chi connectivity index (χ4n) is 5.97. The summed E-state index contributed by atoms with van der Waals surface area (Å²) in [7, 11) is -3.81. The summed E-state index contributed by atoms with van der Waals surface area (Å²) in [4.78, 5) is 2.40. The summed E-state index contributed by atoms with van der Waals surface area (Å²) in [5.74, 6) is 1.34. The lowest BCUT2D eigenvalue weighted by molar-refractivity contribution is -0.137. The predicted octanol–water partition coefficient (Wildman–Crippen LogP) is 4.79. The number of anilines is 2. The van der Waals surface area contributed by atoms with Gasteiger partial charge in [0.1, 0.15) is 0 Å². The summed E-state index contributed by atoms with van der Waals surface area (Å²) >= 11 is 0. The Labute approximate surface area is 203 Å². The molecular weight excluding hydrogens is 479 g/mol. The number of likely N-dealkylation sites (tertiary alicyclic amines) is 1. The second kappa shape index (κ2) is 8.92. The minimum atomic E-state index is -4.60. The van der Waals surface area contributed by atoms with E-state index in [0.29, 0.717) is 17.2 Å². The minimum absolute atomic E-state index is 0.131. The molecule has 0 amide bonds. The van der Waals surface area contributed by atoms with E-state index in [1.54, 1.807) is 0 Å². The number of hydrogen-bond acceptors (Lipinski definition) is 6. The van der Waals surface area contributed by atoms with Crippen LogP contribution < -0.4 is 10.0 Å². The first-order chi connectivity index (χ1) is 16.5. The number of aromatic nitrogens is 2. The van der Waals surface area contributed by atoms with E-state index in [4.69, 9.17) is 0 Å². The molecule has 0 radical (unpaired) electrons. The van der Waals surface area contributed by atoms with Gasteiger partial charge in [0.25, 0.3) is 0 Å². The third kappa shape index (κ3) is 4.84. The molecule has 2 aliphatic carbocycles. The number of fused-ring (bicyclic) bond motifs is 5. The molecule has 7 nitrogen and oxygen atoms in total. The number of halogens is 3. The highest BCUT2D eigenvalue weighted by Crippen LogP contribution is 2.57. The number of likely N-dealkylation sites (N-methyl/N-ethyl adjacent to an activating group) is 1. The molecule has 1 aromatic carbocycles. The summed E-state index contributed by atoms with van der Waals surface area (Å²) in [5.41, 5.74) is 1.84. The lowest BCUT2D eigenvalue weighted by Gasteiger charge is -2.33. The van der Waals surface area contributed by atoms with E-state index >= 15 is 0 Å². The molecule has 3 aliphatic rings. The van der Waals surface area contributed by atoms with Crippen LogP contribution in [0.3, 0.4) is 0 Å². The number of nitrogens with one attached hydrogen (secondary N) is 2. The summed E-state index contributed by atoms with van der Waals surface area (Å²) < 4.78 is 66.4. The van der Waals surface area contributed by atoms with Crippen LogP contribution in [0.1, 0.15) is 67.6 Å². The lowest BCUT2D eigenvalue weighted by atomic mass is 9.88. The van der Waals surface area contributed by atoms with Crippen LogP contribution in [0.15, 0.2) is 18.2 Å². The molecular formula is C24H30F3N5O2S. The molecule has 2 N–H and O–H groups in total. The van der Waals surface area contributed by atoms with Crippen LogP contribution in [0.4, 0.5) is 24.7 Å². The van der Waals surface area contributed by atoms with Crippen LogP contribution in [0, 0.1) is 0 Å². The molecule has 1 saturated heterocycles. The van der Waals surface area contributed by atoms with Gasteiger partial charge in [-0.05, 0) is 74.7 Å². The monoisotopic (exact) mass is 509 g/mol. The number of piperidine rings is 1. The number of nitrogens with zero attached hydrogens (tertiary/aromatic N) is 3. The van der Waals surface area contributed by atoms with Gasteiger partial charge in [-0.3, -0.25) is 4.72 Å². The molecule has 190 valence electrons. The maximum absolute atomic E-state index is 13.4. The van der Waals surface area contributed by atoms with E-state index in [9.17, 15) is 21.6 Å². The summed E-state index contributed by atoms with van der Waals surface area (Å²) in [6.45, 7) is 5.17. The summed E-state index contributed by atoms with van der Waals surface area (Å²) in [6, 6.07) is 3.38. The Hall–Kier alpha value is -2.40. The molecule has 35 heavy (non-hydrogen) atoms. The van der Waals surface area contributed by atoms with Crippen molar-refractivity contribution in [2.24, 2.45) is 0 Å². The van der Waals surface area contributed by atoms with Gasteiger partial charge in [-0.1, -0.05) is 13.0 Å². The molecule has 1 aromatic heterocycles. The second-order valence-electron chi connectivity index (χ2n) is 9.94. The van der Waals surface area contributed by atoms with Crippen molar-refractivity contribution >= 4 is 21.5 Å². The minimum Gasteiger partial charge on any atom is -0.364 e. The fraction of sp³-hybridized carbons (Fsp3) is 0.583. The molecule has 2 bridgehead atoms. The van der Waals surface area contributed by atoms with Gasteiger partial charge in [0.05, 0.1) is 23.2 Å². The Morgan fingerprint density at radius 2 is 1.86 bits per heavy atom. The molecule has 2 heterocycles. The van der Waals surface area contributed by atoms with Crippen LogP contribution in [-0.2, 0) is 16.2 Å². The largest absolute Gasteiger partial charge is 0.416 e. The Kier molecular flexibility index (Phi) is 6.19. The zero-order chi connectivity index (χ0) is 25.0. The maximum atomic E-state index is 13.4. The first-order valence-corrected chi connectivity index (χ1v) is 14.0. The molecule has 5 rings (SSSR count). The van der Waals surface area contributed by atoms with Crippen molar-refractivity contribution in [1.82, 2.24) is 15.1 Å². The normalized spacial score (nSPS) is 24.4. The van der Waals surface area contributed by atoms with E-state index in [2.05, 4.69) is 32.1 Å². The molecule has 0 spiro atoms. The van der Waals surface area contributed by atoms with E-state index in [1.807, 2.05) is 0 Å². The smallest absolute Gasteiger partial charge is 0.364 e. The number of rotatable bonds is 6. The summed E-state index contributed by atoms with van der Waals surface area (Å²) in [5, 5.41) is 12.6. The highest BCUT2D eigenvalue weighted by molar-refractivity contribution is 7.92. The number of hydrogen-bond donors (Lipinski definition) is 2. The molecule has 1 saturated carbocycles. The van der Waals surface area contributed by atoms with Crippen LogP contribution >= 0.6 is 0 Å². The van der Waals surface area contributed by atoms with E-state index in [1.165, 1.54) is 6.07 Å². The maximum Gasteiger partial charge on any atom is 0.416 e. The average Bonchev–Trinajstić information content (AvgIpc) is 3.41. The Morgan fingerprint density at radius 1 is 1.11 bits per heavy atom. The Balaban J connectivity index is 1.58. The van der Waals surface area contributed by atoms with Crippen LogP contribution in [0.2, 0.25) is 0 Å². The quantitative estimate of drug-likeness (QED) is 0.582. The van der Waals surface area contributed by atoms with E-state index in [0.717, 1.165) is 87.1 Å². The van der Waals surface area contributed by atoms with Crippen molar-refractivity contribution in [2.75, 3.05) is 35.9 Å². The molecule has 2 fully saturated rings. The van der Waals surface area contributed by atoms with Gasteiger partial charge in [0, 0.05) is 23.7 Å². The molecule has 2 aromatic rings. The SMILES string of the molecule is CCN1CCC[C@@H](Nc2nnc(-c3ccc(C(F)(F)F)cc3NS(C)(=O)=O)c3c2C2CCC3C2)C1. The predicted molar refractivity (Wildman–Crippen MR) is 129 cm³/mol.